The van der Waals surface area contributed by atoms with E-state index in [1.807, 2.05) is 67.6 Å². The van der Waals surface area contributed by atoms with Crippen molar-refractivity contribution in [2.75, 3.05) is 11.4 Å². The van der Waals surface area contributed by atoms with Crippen LogP contribution in [0.25, 0.3) is 0 Å². The van der Waals surface area contributed by atoms with Gasteiger partial charge in [-0.1, -0.05) is 48.5 Å². The van der Waals surface area contributed by atoms with Crippen molar-refractivity contribution in [2.24, 2.45) is 0 Å². The van der Waals surface area contributed by atoms with Crippen molar-refractivity contribution >= 4 is 17.4 Å². The Bertz CT molecular complexity index is 897. The van der Waals surface area contributed by atoms with Crippen LogP contribution < -0.4 is 10.2 Å². The highest BCUT2D eigenvalue weighted by Gasteiger charge is 2.17. The average Bonchev–Trinajstić information content (AvgIpc) is 2.69. The van der Waals surface area contributed by atoms with Crippen molar-refractivity contribution < 1.29 is 4.79 Å². The molecule has 1 heterocycles. The molecule has 3 aromatic rings. The molecule has 0 radical (unpaired) electrons. The fourth-order valence-electron chi connectivity index (χ4n) is 2.99. The maximum Gasteiger partial charge on any atom is 0.270 e. The Morgan fingerprint density at radius 1 is 1.04 bits per heavy atom. The molecule has 138 valence electrons. The number of carbonyl (C=O) groups is 1. The molecule has 1 atom stereocenters. The van der Waals surface area contributed by atoms with Gasteiger partial charge >= 0.3 is 0 Å². The monoisotopic (exact) mass is 360 g/mol. The van der Waals surface area contributed by atoms with E-state index in [1.165, 1.54) is 0 Å². The van der Waals surface area contributed by atoms with Gasteiger partial charge in [0.25, 0.3) is 5.91 Å². The fraction of sp³-hybridized carbons (Fsp3) is 0.227. The predicted molar refractivity (Wildman–Crippen MR) is 108 cm³/mol. The summed E-state index contributed by atoms with van der Waals surface area (Å²) in [6.07, 6.45) is 0. The molecular formula is C22H24N4O. The Morgan fingerprint density at radius 2 is 1.67 bits per heavy atom. The van der Waals surface area contributed by atoms with Crippen LogP contribution in [0.3, 0.4) is 0 Å². The molecule has 2 aromatic carbocycles. The molecule has 1 unspecified atom stereocenters. The van der Waals surface area contributed by atoms with Gasteiger partial charge in [-0.05, 0) is 38.5 Å². The molecule has 0 saturated carbocycles. The zero-order valence-electron chi connectivity index (χ0n) is 15.9. The summed E-state index contributed by atoms with van der Waals surface area (Å²) in [5.74, 6) is 1.08. The number of carbonyl (C=O) groups excluding carboxylic acids is 1. The zero-order valence-corrected chi connectivity index (χ0v) is 15.9. The van der Waals surface area contributed by atoms with Gasteiger partial charge < -0.3 is 10.2 Å². The van der Waals surface area contributed by atoms with Crippen LogP contribution in [-0.4, -0.2) is 22.4 Å². The minimum absolute atomic E-state index is 0.103. The number of aryl methyl sites for hydroxylation is 1. The summed E-state index contributed by atoms with van der Waals surface area (Å²) >= 11 is 0. The van der Waals surface area contributed by atoms with Crippen molar-refractivity contribution in [2.45, 2.75) is 26.8 Å². The average molecular weight is 360 g/mol. The van der Waals surface area contributed by atoms with E-state index in [4.69, 9.17) is 0 Å². The number of nitrogens with one attached hydrogen (secondary N) is 1. The topological polar surface area (TPSA) is 58.1 Å². The van der Waals surface area contributed by atoms with Crippen molar-refractivity contribution in [3.8, 4) is 0 Å². The van der Waals surface area contributed by atoms with E-state index in [2.05, 4.69) is 27.1 Å². The number of para-hydroxylation sites is 1. The number of rotatable bonds is 6. The van der Waals surface area contributed by atoms with Crippen molar-refractivity contribution in [3.63, 3.8) is 0 Å². The van der Waals surface area contributed by atoms with E-state index in [0.29, 0.717) is 17.3 Å². The third-order valence-corrected chi connectivity index (χ3v) is 4.36. The maximum absolute atomic E-state index is 12.8. The van der Waals surface area contributed by atoms with Crippen molar-refractivity contribution in [1.82, 2.24) is 15.3 Å². The van der Waals surface area contributed by atoms with Crippen LogP contribution >= 0.6 is 0 Å². The number of aromatic nitrogens is 2. The summed E-state index contributed by atoms with van der Waals surface area (Å²) in [5, 5.41) is 3.02. The molecule has 1 aromatic heterocycles. The Hall–Kier alpha value is -3.21. The highest BCUT2D eigenvalue weighted by molar-refractivity contribution is 5.93. The quantitative estimate of drug-likeness (QED) is 0.706. The van der Waals surface area contributed by atoms with Gasteiger partial charge in [0.05, 0.1) is 6.04 Å². The van der Waals surface area contributed by atoms with Crippen LogP contribution in [0.5, 0.6) is 0 Å². The normalized spacial score (nSPS) is 11.7. The molecule has 5 nitrogen and oxygen atoms in total. The third kappa shape index (κ3) is 4.50. The predicted octanol–water partition coefficient (Wildman–Crippen LogP) is 4.43. The number of hydrogen-bond donors (Lipinski definition) is 1. The van der Waals surface area contributed by atoms with Gasteiger partial charge in [0.15, 0.2) is 0 Å². The van der Waals surface area contributed by atoms with Gasteiger partial charge in [-0.15, -0.1) is 0 Å². The molecule has 0 fully saturated rings. The summed E-state index contributed by atoms with van der Waals surface area (Å²) in [6.45, 7) is 6.56. The second-order valence-electron chi connectivity index (χ2n) is 6.34. The van der Waals surface area contributed by atoms with Crippen LogP contribution in [0.15, 0.2) is 66.7 Å². The van der Waals surface area contributed by atoms with Gasteiger partial charge in [-0.3, -0.25) is 4.79 Å². The summed E-state index contributed by atoms with van der Waals surface area (Å²) in [5.41, 5.74) is 2.45. The second-order valence-corrected chi connectivity index (χ2v) is 6.34. The molecule has 0 aliphatic carbocycles. The fourth-order valence-corrected chi connectivity index (χ4v) is 2.99. The van der Waals surface area contributed by atoms with E-state index < -0.39 is 0 Å². The standard InChI is InChI=1S/C22H24N4O/c1-4-26(19-13-9-6-10-14-19)21-15-20(24-17(3)25-21)22(27)23-16(2)18-11-7-5-8-12-18/h5-16H,4H2,1-3H3,(H,23,27). The lowest BCUT2D eigenvalue weighted by molar-refractivity contribution is 0.0934. The Balaban J connectivity index is 1.85. The van der Waals surface area contributed by atoms with Crippen LogP contribution in [0.2, 0.25) is 0 Å². The molecule has 0 spiro atoms. The van der Waals surface area contributed by atoms with Gasteiger partial charge in [0.1, 0.15) is 17.3 Å². The number of amides is 1. The zero-order chi connectivity index (χ0) is 19.2. The smallest absolute Gasteiger partial charge is 0.270 e. The molecule has 5 heteroatoms. The number of anilines is 2. The summed E-state index contributed by atoms with van der Waals surface area (Å²) < 4.78 is 0. The molecule has 0 saturated heterocycles. The summed E-state index contributed by atoms with van der Waals surface area (Å²) in [7, 11) is 0. The van der Waals surface area contributed by atoms with Crippen LogP contribution in [0, 0.1) is 6.92 Å². The van der Waals surface area contributed by atoms with E-state index >= 15 is 0 Å². The van der Waals surface area contributed by atoms with Crippen LogP contribution in [0.1, 0.15) is 41.8 Å². The lowest BCUT2D eigenvalue weighted by Gasteiger charge is -2.23. The number of hydrogen-bond acceptors (Lipinski definition) is 4. The van der Waals surface area contributed by atoms with Crippen LogP contribution in [0.4, 0.5) is 11.5 Å². The van der Waals surface area contributed by atoms with Crippen LogP contribution in [-0.2, 0) is 0 Å². The molecule has 0 aliphatic heterocycles. The first-order valence-electron chi connectivity index (χ1n) is 9.12. The minimum atomic E-state index is -0.206. The molecule has 1 N–H and O–H groups in total. The first-order chi connectivity index (χ1) is 13.1. The molecule has 1 amide bonds. The van der Waals surface area contributed by atoms with Gasteiger partial charge in [0.2, 0.25) is 0 Å². The third-order valence-electron chi connectivity index (χ3n) is 4.36. The molecular weight excluding hydrogens is 336 g/mol. The first kappa shape index (κ1) is 18.6. The van der Waals surface area contributed by atoms with Crippen molar-refractivity contribution in [3.05, 3.63) is 83.8 Å². The number of nitrogens with zero attached hydrogens (tertiary/aromatic N) is 3. The van der Waals surface area contributed by atoms with Gasteiger partial charge in [-0.25, -0.2) is 9.97 Å². The Morgan fingerprint density at radius 3 is 2.30 bits per heavy atom. The highest BCUT2D eigenvalue weighted by atomic mass is 16.1. The molecule has 27 heavy (non-hydrogen) atoms. The number of benzene rings is 2. The minimum Gasteiger partial charge on any atom is -0.344 e. The van der Waals surface area contributed by atoms with Gasteiger partial charge in [-0.2, -0.15) is 0 Å². The van der Waals surface area contributed by atoms with Gasteiger partial charge in [0, 0.05) is 18.3 Å². The Kier molecular flexibility index (Phi) is 5.81. The highest BCUT2D eigenvalue weighted by Crippen LogP contribution is 2.23. The first-order valence-corrected chi connectivity index (χ1v) is 9.12. The molecule has 0 bridgehead atoms. The lowest BCUT2D eigenvalue weighted by Crippen LogP contribution is -2.28. The van der Waals surface area contributed by atoms with E-state index in [9.17, 15) is 4.79 Å². The summed E-state index contributed by atoms with van der Waals surface area (Å²) in [4.78, 5) is 23.7. The van der Waals surface area contributed by atoms with E-state index in [1.54, 1.807) is 13.0 Å². The van der Waals surface area contributed by atoms with Crippen molar-refractivity contribution in [1.29, 1.82) is 0 Å². The molecule has 3 rings (SSSR count). The second kappa shape index (κ2) is 8.45. The van der Waals surface area contributed by atoms with E-state index in [0.717, 1.165) is 17.8 Å². The largest absolute Gasteiger partial charge is 0.344 e. The molecule has 0 aliphatic rings. The lowest BCUT2D eigenvalue weighted by atomic mass is 10.1. The maximum atomic E-state index is 12.8. The SMILES string of the molecule is CCN(c1ccccc1)c1cc(C(=O)NC(C)c2ccccc2)nc(C)n1. The Labute approximate surface area is 160 Å². The van der Waals surface area contributed by atoms with E-state index in [-0.39, 0.29) is 11.9 Å². The summed E-state index contributed by atoms with van der Waals surface area (Å²) in [6, 6.07) is 21.5.